The molecule has 2 aromatic carbocycles. The van der Waals surface area contributed by atoms with Crippen LogP contribution in [0.15, 0.2) is 47.4 Å². The van der Waals surface area contributed by atoms with E-state index in [1.807, 2.05) is 0 Å². The van der Waals surface area contributed by atoms with Crippen molar-refractivity contribution < 1.29 is 54.2 Å². The van der Waals surface area contributed by atoms with Crippen molar-refractivity contribution in [3.8, 4) is 0 Å². The van der Waals surface area contributed by atoms with Gasteiger partial charge in [0.2, 0.25) is 0 Å². The monoisotopic (exact) mass is 557 g/mol. The Balaban J connectivity index is 2.15. The van der Waals surface area contributed by atoms with Gasteiger partial charge in [-0.3, -0.25) is 9.10 Å². The van der Waals surface area contributed by atoms with E-state index >= 15 is 0 Å². The number of hydrogen-bond donors (Lipinski definition) is 2. The van der Waals surface area contributed by atoms with Crippen LogP contribution >= 0.6 is 0 Å². The number of sulfonamides is 1. The third-order valence-electron chi connectivity index (χ3n) is 6.08. The van der Waals surface area contributed by atoms with Gasteiger partial charge in [0.05, 0.1) is 16.6 Å². The second kappa shape index (κ2) is 10.2. The number of benzene rings is 2. The van der Waals surface area contributed by atoms with E-state index in [0.29, 0.717) is 12.1 Å². The number of alkyl halides is 6. The fourth-order valence-electron chi connectivity index (χ4n) is 4.22. The number of ketones is 1. The maximum atomic E-state index is 13.5. The van der Waals surface area contributed by atoms with Crippen molar-refractivity contribution in [1.29, 1.82) is 0 Å². The normalized spacial score (nSPS) is 17.0. The van der Waals surface area contributed by atoms with Crippen molar-refractivity contribution >= 4 is 21.5 Å². The molecular formula is C23H22F7NO5S. The van der Waals surface area contributed by atoms with E-state index in [4.69, 9.17) is 5.11 Å². The van der Waals surface area contributed by atoms with Gasteiger partial charge in [-0.1, -0.05) is 12.1 Å². The summed E-state index contributed by atoms with van der Waals surface area (Å²) in [5, 5.41) is 18.7. The van der Waals surface area contributed by atoms with Crippen molar-refractivity contribution in [1.82, 2.24) is 0 Å². The molecule has 0 unspecified atom stereocenters. The lowest BCUT2D eigenvalue weighted by Gasteiger charge is -2.39. The molecule has 0 bridgehead atoms. The van der Waals surface area contributed by atoms with E-state index < -0.39 is 56.1 Å². The van der Waals surface area contributed by atoms with Gasteiger partial charge in [-0.05, 0) is 55.2 Å². The van der Waals surface area contributed by atoms with Crippen LogP contribution in [-0.4, -0.2) is 49.4 Å². The van der Waals surface area contributed by atoms with Gasteiger partial charge in [0.15, 0.2) is 0 Å². The summed E-state index contributed by atoms with van der Waals surface area (Å²) < 4.78 is 121. The molecule has 1 aliphatic rings. The minimum absolute atomic E-state index is 0.0760. The molecule has 14 heteroatoms. The van der Waals surface area contributed by atoms with Crippen LogP contribution < -0.4 is 4.31 Å². The number of aryl methyl sites for hydroxylation is 1. The summed E-state index contributed by atoms with van der Waals surface area (Å²) in [6.07, 6.45) is -12.9. The quantitative estimate of drug-likeness (QED) is 0.470. The van der Waals surface area contributed by atoms with Gasteiger partial charge in [-0.25, -0.2) is 12.8 Å². The average Bonchev–Trinajstić information content (AvgIpc) is 2.80. The first-order chi connectivity index (χ1) is 17.0. The standard InChI is InChI=1S/C23H22F7NO5S/c24-16-5-8-19(9-6-16)37(35,36)31-17(13-18(33)2-1-11-32)7-3-14-12-15(4-10-20(14)31)21(34,22(25,26)27)23(28,29)30/h4-6,8-10,12,17,32,34H,1-3,7,11,13H2/t17-/m0/s1. The number of carbonyl (C=O) groups is 1. The van der Waals surface area contributed by atoms with Gasteiger partial charge in [0, 0.05) is 25.0 Å². The van der Waals surface area contributed by atoms with E-state index in [2.05, 4.69) is 0 Å². The molecule has 0 saturated carbocycles. The minimum atomic E-state index is -6.13. The van der Waals surface area contributed by atoms with Gasteiger partial charge in [-0.2, -0.15) is 26.3 Å². The number of nitrogens with zero attached hydrogens (tertiary/aromatic N) is 1. The van der Waals surface area contributed by atoms with E-state index in [1.165, 1.54) is 0 Å². The SMILES string of the molecule is O=C(CCCO)C[C@@H]1CCc2cc(C(O)(C(F)(F)F)C(F)(F)F)ccc2N1S(=O)(=O)c1ccc(F)cc1. The highest BCUT2D eigenvalue weighted by Crippen LogP contribution is 2.51. The molecule has 37 heavy (non-hydrogen) atoms. The van der Waals surface area contributed by atoms with Crippen LogP contribution in [0.3, 0.4) is 0 Å². The number of anilines is 1. The van der Waals surface area contributed by atoms with Crippen LogP contribution in [-0.2, 0) is 26.8 Å². The Morgan fingerprint density at radius 3 is 2.14 bits per heavy atom. The average molecular weight is 557 g/mol. The number of aliphatic hydroxyl groups is 2. The topological polar surface area (TPSA) is 94.9 Å². The molecule has 3 rings (SSSR count). The fraction of sp³-hybridized carbons (Fsp3) is 0.435. The highest BCUT2D eigenvalue weighted by atomic mass is 32.2. The maximum Gasteiger partial charge on any atom is 0.430 e. The van der Waals surface area contributed by atoms with Crippen molar-refractivity contribution in [2.75, 3.05) is 10.9 Å². The third-order valence-corrected chi connectivity index (χ3v) is 7.96. The third kappa shape index (κ3) is 5.46. The molecule has 2 aromatic rings. The molecule has 0 aromatic heterocycles. The van der Waals surface area contributed by atoms with Crippen LogP contribution in [0, 0.1) is 5.82 Å². The van der Waals surface area contributed by atoms with Gasteiger partial charge >= 0.3 is 12.4 Å². The Morgan fingerprint density at radius 1 is 1.00 bits per heavy atom. The van der Waals surface area contributed by atoms with E-state index in [1.54, 1.807) is 0 Å². The molecule has 1 aliphatic heterocycles. The Kier molecular flexibility index (Phi) is 7.97. The lowest BCUT2D eigenvalue weighted by Crippen LogP contribution is -2.54. The van der Waals surface area contributed by atoms with E-state index in [-0.39, 0.29) is 50.0 Å². The second-order valence-corrected chi connectivity index (χ2v) is 10.4. The predicted octanol–water partition coefficient (Wildman–Crippen LogP) is 4.38. The molecular weight excluding hydrogens is 535 g/mol. The summed E-state index contributed by atoms with van der Waals surface area (Å²) in [4.78, 5) is 12.0. The highest BCUT2D eigenvalue weighted by Gasteiger charge is 2.71. The zero-order chi connectivity index (χ0) is 27.8. The molecule has 6 nitrogen and oxygen atoms in total. The van der Waals surface area contributed by atoms with E-state index in [0.717, 1.165) is 34.6 Å². The molecule has 2 N–H and O–H groups in total. The van der Waals surface area contributed by atoms with Crippen LogP contribution in [0.5, 0.6) is 0 Å². The van der Waals surface area contributed by atoms with Crippen LogP contribution in [0.25, 0.3) is 0 Å². The Labute approximate surface area is 207 Å². The second-order valence-electron chi connectivity index (χ2n) is 8.57. The molecule has 0 fully saturated rings. The van der Waals surface area contributed by atoms with Crippen LogP contribution in [0.1, 0.15) is 36.8 Å². The molecule has 204 valence electrons. The van der Waals surface area contributed by atoms with Gasteiger partial charge < -0.3 is 10.2 Å². The number of fused-ring (bicyclic) bond motifs is 1. The largest absolute Gasteiger partial charge is 0.430 e. The molecule has 0 radical (unpaired) electrons. The number of Topliss-reactive ketones (excluding diaryl/α,β-unsaturated/α-hetero) is 1. The summed E-state index contributed by atoms with van der Waals surface area (Å²) in [5.41, 5.74) is -7.24. The highest BCUT2D eigenvalue weighted by molar-refractivity contribution is 7.92. The van der Waals surface area contributed by atoms with Crippen molar-refractivity contribution in [3.05, 3.63) is 59.4 Å². The van der Waals surface area contributed by atoms with Gasteiger partial charge in [0.1, 0.15) is 11.6 Å². The van der Waals surface area contributed by atoms with Crippen molar-refractivity contribution in [2.24, 2.45) is 0 Å². The number of aliphatic hydroxyl groups excluding tert-OH is 1. The molecule has 0 amide bonds. The Bertz CT molecular complexity index is 1230. The van der Waals surface area contributed by atoms with Crippen LogP contribution in [0.2, 0.25) is 0 Å². The van der Waals surface area contributed by atoms with Gasteiger partial charge in [0.25, 0.3) is 15.6 Å². The first kappa shape index (κ1) is 28.9. The van der Waals surface area contributed by atoms with Crippen molar-refractivity contribution in [2.45, 2.75) is 61.0 Å². The minimum Gasteiger partial charge on any atom is -0.396 e. The van der Waals surface area contributed by atoms with Gasteiger partial charge in [-0.15, -0.1) is 0 Å². The fourth-order valence-corrected chi connectivity index (χ4v) is 5.94. The number of carbonyl (C=O) groups excluding carboxylic acids is 1. The first-order valence-corrected chi connectivity index (χ1v) is 12.4. The summed E-state index contributed by atoms with van der Waals surface area (Å²) in [5.74, 6) is -1.17. The summed E-state index contributed by atoms with van der Waals surface area (Å²) in [7, 11) is -4.55. The van der Waals surface area contributed by atoms with Crippen LogP contribution in [0.4, 0.5) is 36.4 Å². The Hall–Kier alpha value is -2.71. The zero-order valence-corrected chi connectivity index (χ0v) is 19.8. The smallest absolute Gasteiger partial charge is 0.396 e. The molecule has 0 saturated heterocycles. The molecule has 0 aliphatic carbocycles. The molecule has 1 heterocycles. The maximum absolute atomic E-state index is 13.5. The first-order valence-electron chi connectivity index (χ1n) is 11.0. The lowest BCUT2D eigenvalue weighted by molar-refractivity contribution is -0.376. The molecule has 0 spiro atoms. The van der Waals surface area contributed by atoms with E-state index in [9.17, 15) is 49.1 Å². The van der Waals surface area contributed by atoms with Crippen molar-refractivity contribution in [3.63, 3.8) is 0 Å². The number of rotatable bonds is 8. The summed E-state index contributed by atoms with van der Waals surface area (Å²) in [6.45, 7) is -0.291. The summed E-state index contributed by atoms with van der Waals surface area (Å²) >= 11 is 0. The Morgan fingerprint density at radius 2 is 1.59 bits per heavy atom. The summed E-state index contributed by atoms with van der Waals surface area (Å²) in [6, 6.07) is 4.04. The lowest BCUT2D eigenvalue weighted by atomic mass is 9.87. The molecule has 1 atom stereocenters. The zero-order valence-electron chi connectivity index (χ0n) is 19.0. The predicted molar refractivity (Wildman–Crippen MR) is 117 cm³/mol. The number of hydrogen-bond acceptors (Lipinski definition) is 5. The number of halogens is 7.